The van der Waals surface area contributed by atoms with Crippen molar-refractivity contribution in [3.8, 4) is 0 Å². The van der Waals surface area contributed by atoms with E-state index in [-0.39, 0.29) is 0 Å². The van der Waals surface area contributed by atoms with Crippen molar-refractivity contribution in [3.63, 3.8) is 0 Å². The molecule has 0 N–H and O–H groups in total. The molecular formula is C3H2IN2Tl. The number of hydrogen-bond acceptors (Lipinski definition) is 1. The molecular weight excluding hydrogens is 395 g/mol. The van der Waals surface area contributed by atoms with Gasteiger partial charge in [-0.25, -0.2) is 0 Å². The van der Waals surface area contributed by atoms with Gasteiger partial charge in [-0.2, -0.15) is 0 Å². The molecule has 1 aromatic rings. The Kier molecular flexibility index (Phi) is 2.07. The Morgan fingerprint density at radius 1 is 1.86 bits per heavy atom. The maximum atomic E-state index is 4.01. The number of aromatic nitrogens is 2. The van der Waals surface area contributed by atoms with Crippen LogP contribution in [0.3, 0.4) is 0 Å². The number of nitrogens with zero attached hydrogens (tertiary/aromatic N) is 2. The number of halogens is 1. The van der Waals surface area contributed by atoms with Crippen molar-refractivity contribution in [1.29, 1.82) is 0 Å². The van der Waals surface area contributed by atoms with E-state index < -0.39 is 0 Å². The monoisotopic (exact) mass is 398 g/mol. The zero-order valence-electron chi connectivity index (χ0n) is 3.50. The Bertz CT molecular complexity index is 145. The van der Waals surface area contributed by atoms with Gasteiger partial charge in [0.25, 0.3) is 0 Å². The summed E-state index contributed by atoms with van der Waals surface area (Å²) in [7, 11) is 0. The normalized spacial score (nSPS) is 9.14. The van der Waals surface area contributed by atoms with E-state index in [0.717, 1.165) is 29.8 Å². The van der Waals surface area contributed by atoms with Gasteiger partial charge in [0.05, 0.1) is 0 Å². The Morgan fingerprint density at radius 3 is 2.71 bits per heavy atom. The molecule has 0 aromatic carbocycles. The van der Waals surface area contributed by atoms with Crippen LogP contribution in [0.2, 0.25) is 0 Å². The van der Waals surface area contributed by atoms with Crippen LogP contribution in [0.4, 0.5) is 0 Å². The van der Waals surface area contributed by atoms with E-state index in [9.17, 15) is 0 Å². The summed E-state index contributed by atoms with van der Waals surface area (Å²) >= 11 is 3.06. The Hall–Kier alpha value is 0.862. The van der Waals surface area contributed by atoms with Crippen LogP contribution in [0.15, 0.2) is 12.5 Å². The standard InChI is InChI=1S/C3H2IN2.Tl/c4-3-1-5-2-6-3;/h1-2H;/q-1;+1. The van der Waals surface area contributed by atoms with E-state index in [0.29, 0.717) is 0 Å². The summed E-state index contributed by atoms with van der Waals surface area (Å²) in [5.74, 6) is 0. The second-order valence-corrected chi connectivity index (χ2v) is 4.57. The van der Waals surface area contributed by atoms with Crippen LogP contribution in [0.1, 0.15) is 0 Å². The van der Waals surface area contributed by atoms with E-state index in [1.165, 1.54) is 0 Å². The van der Waals surface area contributed by atoms with Crippen molar-refractivity contribution < 1.29 is 0 Å². The van der Waals surface area contributed by atoms with Crippen LogP contribution >= 0.6 is 22.6 Å². The summed E-state index contributed by atoms with van der Waals surface area (Å²) in [6.45, 7) is 0. The van der Waals surface area contributed by atoms with Gasteiger partial charge >= 0.3 is 72.2 Å². The van der Waals surface area contributed by atoms with Crippen LogP contribution in [0, 0.1) is 3.70 Å². The minimum atomic E-state index is 0.862. The number of rotatable bonds is 0. The average molecular weight is 397 g/mol. The third-order valence-corrected chi connectivity index (χ3v) is 2.22. The molecule has 0 aliphatic heterocycles. The molecule has 4 heteroatoms. The zero-order chi connectivity index (χ0) is 5.28. The molecule has 0 aliphatic rings. The molecule has 0 fully saturated rings. The minimum absolute atomic E-state index is 0.862. The fourth-order valence-electron chi connectivity index (χ4n) is 0.311. The molecule has 1 aromatic heterocycles. The summed E-state index contributed by atoms with van der Waals surface area (Å²) in [6.07, 6.45) is 3.89. The molecule has 0 bridgehead atoms. The fraction of sp³-hybridized carbons (Fsp3) is 0. The van der Waals surface area contributed by atoms with Crippen molar-refractivity contribution in [2.75, 3.05) is 0 Å². The molecule has 0 radical (unpaired) electrons. The molecule has 7 heavy (non-hydrogen) atoms. The van der Waals surface area contributed by atoms with Gasteiger partial charge < -0.3 is 0 Å². The molecule has 34 valence electrons. The first-order valence-electron chi connectivity index (χ1n) is 1.73. The van der Waals surface area contributed by atoms with E-state index >= 15 is 0 Å². The second kappa shape index (κ2) is 2.42. The molecule has 0 amide bonds. The van der Waals surface area contributed by atoms with Gasteiger partial charge in [0.15, 0.2) is 0 Å². The zero-order valence-corrected chi connectivity index (χ0v) is 10.2. The Balaban J connectivity index is 3.04. The Morgan fingerprint density at radius 2 is 2.57 bits per heavy atom. The second-order valence-electron chi connectivity index (χ2n) is 1.14. The quantitative estimate of drug-likeness (QED) is 0.459. The van der Waals surface area contributed by atoms with E-state index in [1.807, 2.05) is 12.5 Å². The van der Waals surface area contributed by atoms with Crippen molar-refractivity contribution >= 4 is 48.7 Å². The van der Waals surface area contributed by atoms with Crippen LogP contribution in [0.5, 0.6) is 0 Å². The fourth-order valence-corrected chi connectivity index (χ4v) is 2.75. The number of imidazole rings is 1. The van der Waals surface area contributed by atoms with Gasteiger partial charge in [-0.1, -0.05) is 0 Å². The summed E-state index contributed by atoms with van der Waals surface area (Å²) in [4.78, 5) is 4.01. The molecule has 2 nitrogen and oxygen atoms in total. The van der Waals surface area contributed by atoms with Crippen LogP contribution in [0.25, 0.3) is 0 Å². The SMILES string of the molecule is Ic1c[n]([Tl])cn1. The van der Waals surface area contributed by atoms with Crippen LogP contribution in [-0.4, -0.2) is 33.4 Å². The van der Waals surface area contributed by atoms with Gasteiger partial charge in [-0.15, -0.1) is 0 Å². The summed E-state index contributed by atoms with van der Waals surface area (Å²) < 4.78 is 3.17. The molecule has 0 aliphatic carbocycles. The molecule has 0 saturated carbocycles. The molecule has 1 heterocycles. The van der Waals surface area contributed by atoms with Crippen molar-refractivity contribution in [2.24, 2.45) is 0 Å². The van der Waals surface area contributed by atoms with Crippen molar-refractivity contribution in [3.05, 3.63) is 16.2 Å². The first-order valence-corrected chi connectivity index (χ1v) is 4.82. The van der Waals surface area contributed by atoms with Crippen molar-refractivity contribution in [1.82, 2.24) is 7.36 Å². The van der Waals surface area contributed by atoms with Gasteiger partial charge in [0, 0.05) is 0 Å². The summed E-state index contributed by atoms with van der Waals surface area (Å²) in [6, 6.07) is 0. The number of hydrogen-bond donors (Lipinski definition) is 0. The molecule has 0 spiro atoms. The predicted octanol–water partition coefficient (Wildman–Crippen LogP) is 0.419. The summed E-state index contributed by atoms with van der Waals surface area (Å²) in [5.41, 5.74) is 0. The van der Waals surface area contributed by atoms with Crippen LogP contribution in [-0.2, 0) is 0 Å². The Labute approximate surface area is 71.6 Å². The topological polar surface area (TPSA) is 17.8 Å². The van der Waals surface area contributed by atoms with E-state index in [4.69, 9.17) is 0 Å². The molecule has 0 unspecified atom stereocenters. The van der Waals surface area contributed by atoms with E-state index in [1.54, 1.807) is 0 Å². The first kappa shape index (κ1) is 5.99. The first-order chi connectivity index (χ1) is 3.29. The summed E-state index contributed by atoms with van der Waals surface area (Å²) in [5, 5.41) is 0. The van der Waals surface area contributed by atoms with Crippen LogP contribution < -0.4 is 0 Å². The van der Waals surface area contributed by atoms with Gasteiger partial charge in [0.2, 0.25) is 0 Å². The molecule has 0 atom stereocenters. The third kappa shape index (κ3) is 1.67. The third-order valence-electron chi connectivity index (χ3n) is 0.570. The molecule has 1 rings (SSSR count). The average Bonchev–Trinajstić information content (AvgIpc) is 1.87. The maximum absolute atomic E-state index is 4.01. The van der Waals surface area contributed by atoms with Gasteiger partial charge in [-0.3, -0.25) is 0 Å². The van der Waals surface area contributed by atoms with Crippen molar-refractivity contribution in [2.45, 2.75) is 0 Å². The van der Waals surface area contributed by atoms with Gasteiger partial charge in [-0.05, 0) is 0 Å². The molecule has 0 saturated heterocycles. The predicted molar refractivity (Wildman–Crippen MR) is 36.1 cm³/mol. The van der Waals surface area contributed by atoms with E-state index in [2.05, 4.69) is 30.0 Å². The van der Waals surface area contributed by atoms with Gasteiger partial charge in [0.1, 0.15) is 0 Å².